The molecule has 0 aromatic heterocycles. The van der Waals surface area contributed by atoms with Crippen LogP contribution in [0.15, 0.2) is 0 Å². The van der Waals surface area contributed by atoms with E-state index in [1.807, 2.05) is 0 Å². The average molecular weight is 587 g/mol. The van der Waals surface area contributed by atoms with E-state index in [4.69, 9.17) is 0 Å². The van der Waals surface area contributed by atoms with E-state index >= 15 is 0 Å². The summed E-state index contributed by atoms with van der Waals surface area (Å²) in [5, 5.41) is 0. The quantitative estimate of drug-likeness (QED) is 0.165. The first-order chi connectivity index (χ1) is 17.9. The molecule has 6 aliphatic carbocycles. The van der Waals surface area contributed by atoms with E-state index in [-0.39, 0.29) is 17.1 Å². The molecule has 37 heavy (non-hydrogen) atoms. The molecule has 0 nitrogen and oxygen atoms in total. The molecule has 0 spiro atoms. The molecule has 0 radical (unpaired) electrons. The zero-order valence-electron chi connectivity index (χ0n) is 24.3. The van der Waals surface area contributed by atoms with Gasteiger partial charge in [-0.05, 0) is 74.0 Å². The van der Waals surface area contributed by atoms with E-state index in [2.05, 4.69) is 12.8 Å². The Hall–Kier alpha value is 1.38. The summed E-state index contributed by atoms with van der Waals surface area (Å²) in [6.45, 7) is 0. The molecule has 0 amide bonds. The Balaban J connectivity index is 0.000000168. The van der Waals surface area contributed by atoms with Crippen molar-refractivity contribution in [1.29, 1.82) is 0 Å². The van der Waals surface area contributed by atoms with Crippen molar-refractivity contribution in [3.63, 3.8) is 0 Å². The van der Waals surface area contributed by atoms with Crippen molar-refractivity contribution in [3.8, 4) is 0 Å². The van der Waals surface area contributed by atoms with Gasteiger partial charge in [0.15, 0.2) is 0 Å². The molecular formula is C34H60FeP2. The van der Waals surface area contributed by atoms with Crippen LogP contribution >= 0.6 is 15.8 Å². The van der Waals surface area contributed by atoms with Crippen molar-refractivity contribution in [2.24, 2.45) is 0 Å². The molecule has 3 heteroatoms. The van der Waals surface area contributed by atoms with Gasteiger partial charge in [0, 0.05) is 0 Å². The summed E-state index contributed by atoms with van der Waals surface area (Å²) in [5.41, 5.74) is 6.80. The third-order valence-electron chi connectivity index (χ3n) is 11.0. The number of hydrogen-bond acceptors (Lipinski definition) is 0. The third-order valence-corrected chi connectivity index (χ3v) is 18.9. The molecule has 0 bridgehead atoms. The van der Waals surface area contributed by atoms with Gasteiger partial charge in [0.2, 0.25) is 0 Å². The van der Waals surface area contributed by atoms with Crippen LogP contribution in [0.2, 0.25) is 0 Å². The molecule has 2 atom stereocenters. The van der Waals surface area contributed by atoms with E-state index < -0.39 is 0 Å². The standard InChI is InChI=1S/2C17H30P.Fe/c2*1-3-9-15(10-4-1)18(17-13-7-8-14-17)16-11-5-2-6-12-16;/h2*13,15-17H,1-12,14H2;/q2*-1;+2. The predicted octanol–water partition coefficient (Wildman–Crippen LogP) is 11.8. The van der Waals surface area contributed by atoms with Gasteiger partial charge in [0.25, 0.3) is 0 Å². The summed E-state index contributed by atoms with van der Waals surface area (Å²) in [6, 6.07) is 0. The molecule has 0 aliphatic heterocycles. The maximum absolute atomic E-state index is 2.74. The summed E-state index contributed by atoms with van der Waals surface area (Å²) in [4.78, 5) is 0. The smallest absolute Gasteiger partial charge is 0.321 e. The Morgan fingerprint density at radius 3 is 0.811 bits per heavy atom. The summed E-state index contributed by atoms with van der Waals surface area (Å²) >= 11 is 0. The van der Waals surface area contributed by atoms with Gasteiger partial charge in [0.1, 0.15) is 0 Å². The van der Waals surface area contributed by atoms with Crippen LogP contribution in [-0.4, -0.2) is 34.0 Å². The Morgan fingerprint density at radius 1 is 0.324 bits per heavy atom. The average Bonchev–Trinajstić information content (AvgIpc) is 3.68. The second-order valence-electron chi connectivity index (χ2n) is 13.5. The fraction of sp³-hybridized carbons (Fsp3) is 0.941. The molecule has 6 fully saturated rings. The first-order valence-electron chi connectivity index (χ1n) is 17.1. The minimum absolute atomic E-state index is 0. The van der Waals surface area contributed by atoms with Crippen molar-refractivity contribution in [3.05, 3.63) is 12.8 Å². The third kappa shape index (κ3) is 9.18. The molecule has 0 saturated heterocycles. The van der Waals surface area contributed by atoms with Gasteiger partial charge in [-0.3, -0.25) is 0 Å². The summed E-state index contributed by atoms with van der Waals surface area (Å²) < 4.78 is 0. The van der Waals surface area contributed by atoms with Crippen LogP contribution in [0.3, 0.4) is 0 Å². The van der Waals surface area contributed by atoms with Crippen molar-refractivity contribution in [2.45, 2.75) is 201 Å². The van der Waals surface area contributed by atoms with Crippen LogP contribution in [0.1, 0.15) is 167 Å². The largest absolute Gasteiger partial charge is 2.00 e. The van der Waals surface area contributed by atoms with Crippen molar-refractivity contribution >= 4 is 15.8 Å². The van der Waals surface area contributed by atoms with E-state index in [1.165, 1.54) is 51.4 Å². The summed E-state index contributed by atoms with van der Waals surface area (Å²) in [7, 11) is 0.693. The van der Waals surface area contributed by atoms with Gasteiger partial charge in [-0.1, -0.05) is 103 Å². The van der Waals surface area contributed by atoms with Gasteiger partial charge in [-0.2, -0.15) is 12.8 Å². The van der Waals surface area contributed by atoms with Crippen LogP contribution in [0.25, 0.3) is 0 Å². The molecule has 0 aromatic carbocycles. The van der Waals surface area contributed by atoms with Crippen molar-refractivity contribution in [2.75, 3.05) is 0 Å². The molecule has 0 heterocycles. The molecular weight excluding hydrogens is 526 g/mol. The van der Waals surface area contributed by atoms with Crippen molar-refractivity contribution < 1.29 is 17.1 Å². The fourth-order valence-electron chi connectivity index (χ4n) is 9.25. The predicted molar refractivity (Wildman–Crippen MR) is 165 cm³/mol. The molecule has 2 unspecified atom stereocenters. The van der Waals surface area contributed by atoms with Gasteiger partial charge >= 0.3 is 17.1 Å². The zero-order valence-corrected chi connectivity index (χ0v) is 27.1. The molecule has 0 N–H and O–H groups in total. The van der Waals surface area contributed by atoms with E-state index in [0.717, 1.165) is 34.0 Å². The summed E-state index contributed by atoms with van der Waals surface area (Å²) in [5.74, 6) is 0. The molecule has 214 valence electrons. The Labute approximate surface area is 245 Å². The van der Waals surface area contributed by atoms with E-state index in [1.54, 1.807) is 116 Å². The first-order valence-corrected chi connectivity index (χ1v) is 20.2. The van der Waals surface area contributed by atoms with Crippen LogP contribution in [0, 0.1) is 12.8 Å². The van der Waals surface area contributed by atoms with E-state index in [9.17, 15) is 0 Å². The SMILES string of the molecule is [CH-]1CCCC1P(C1CCCCC1)C1CCCCC1.[CH-]1CCCC1P(C1CCCCC1)C1CCCCC1.[Fe+2]. The fourth-order valence-corrected chi connectivity index (χ4v) is 18.2. The molecule has 6 saturated carbocycles. The Kier molecular flexibility index (Phi) is 14.7. The molecule has 0 aromatic rings. The Morgan fingerprint density at radius 2 is 0.595 bits per heavy atom. The number of rotatable bonds is 6. The maximum atomic E-state index is 2.74. The second kappa shape index (κ2) is 17.4. The zero-order chi connectivity index (χ0) is 24.4. The normalized spacial score (nSPS) is 31.3. The minimum Gasteiger partial charge on any atom is -0.321 e. The van der Waals surface area contributed by atoms with Gasteiger partial charge in [-0.15, -0.1) is 27.2 Å². The van der Waals surface area contributed by atoms with Gasteiger partial charge in [-0.25, -0.2) is 0 Å². The monoisotopic (exact) mass is 586 g/mol. The van der Waals surface area contributed by atoms with Crippen LogP contribution in [-0.2, 0) is 17.1 Å². The van der Waals surface area contributed by atoms with Crippen molar-refractivity contribution in [1.82, 2.24) is 0 Å². The van der Waals surface area contributed by atoms with Gasteiger partial charge in [0.05, 0.1) is 0 Å². The molecule has 6 aliphatic rings. The van der Waals surface area contributed by atoms with Crippen LogP contribution in [0.4, 0.5) is 0 Å². The summed E-state index contributed by atoms with van der Waals surface area (Å²) in [6.07, 6.45) is 45.7. The Bertz CT molecular complexity index is 487. The van der Waals surface area contributed by atoms with Crippen LogP contribution in [0.5, 0.6) is 0 Å². The second-order valence-corrected chi connectivity index (χ2v) is 19.6. The maximum Gasteiger partial charge on any atom is 2.00 e. The minimum atomic E-state index is 0. The molecule has 6 rings (SSSR count). The topological polar surface area (TPSA) is 0 Å². The first kappa shape index (κ1) is 31.3. The van der Waals surface area contributed by atoms with Gasteiger partial charge < -0.3 is 12.8 Å². The van der Waals surface area contributed by atoms with E-state index in [0.29, 0.717) is 15.8 Å². The van der Waals surface area contributed by atoms with Crippen LogP contribution < -0.4 is 0 Å². The number of hydrogen-bond donors (Lipinski definition) is 0.